The van der Waals surface area contributed by atoms with Crippen molar-refractivity contribution >= 4 is 32.7 Å². The third-order valence-electron chi connectivity index (χ3n) is 4.07. The minimum atomic E-state index is -0.0266. The highest BCUT2D eigenvalue weighted by atomic mass is 16.7. The van der Waals surface area contributed by atoms with Gasteiger partial charge in [0.15, 0.2) is 11.5 Å². The topological polar surface area (TPSA) is 48.7 Å². The normalized spacial score (nSPS) is 13.3. The molecule has 0 fully saturated rings. The van der Waals surface area contributed by atoms with Crippen LogP contribution in [0.25, 0.3) is 32.7 Å². The first-order valence-electron chi connectivity index (χ1n) is 7.00. The van der Waals surface area contributed by atoms with Crippen LogP contribution >= 0.6 is 0 Å². The third-order valence-corrected chi connectivity index (χ3v) is 4.07. The third kappa shape index (κ3) is 1.39. The van der Waals surface area contributed by atoms with Crippen LogP contribution in [0.3, 0.4) is 0 Å². The van der Waals surface area contributed by atoms with Crippen molar-refractivity contribution in [2.75, 3.05) is 6.79 Å². The average molecular weight is 290 g/mol. The van der Waals surface area contributed by atoms with Crippen molar-refractivity contribution < 1.29 is 13.9 Å². The van der Waals surface area contributed by atoms with E-state index in [4.69, 9.17) is 13.9 Å². The minimum Gasteiger partial charge on any atom is -0.456 e. The van der Waals surface area contributed by atoms with Gasteiger partial charge in [0, 0.05) is 10.8 Å². The fourth-order valence-electron chi connectivity index (χ4n) is 3.07. The number of hydrogen-bond acceptors (Lipinski definition) is 4. The zero-order valence-corrected chi connectivity index (χ0v) is 11.5. The largest absolute Gasteiger partial charge is 0.456 e. The second-order valence-electron chi connectivity index (χ2n) is 5.26. The zero-order chi connectivity index (χ0) is 14.7. The maximum Gasteiger partial charge on any atom is 0.231 e. The minimum absolute atomic E-state index is 0.0266. The highest BCUT2D eigenvalue weighted by molar-refractivity contribution is 6.10. The van der Waals surface area contributed by atoms with Crippen LogP contribution in [-0.2, 0) is 0 Å². The molecule has 5 rings (SSSR count). The van der Waals surface area contributed by atoms with E-state index in [-0.39, 0.29) is 12.2 Å². The van der Waals surface area contributed by atoms with Crippen molar-refractivity contribution in [3.8, 4) is 11.5 Å². The lowest BCUT2D eigenvalue weighted by molar-refractivity contribution is 0.175. The van der Waals surface area contributed by atoms with Gasteiger partial charge in [0.2, 0.25) is 12.2 Å². The molecule has 0 bridgehead atoms. The molecule has 0 saturated carbocycles. The molecule has 2 heterocycles. The Hall–Kier alpha value is -3.01. The summed E-state index contributed by atoms with van der Waals surface area (Å²) in [6, 6.07) is 14.7. The standard InChI is InChI=1S/C18H10O4/c19-17-12-3-1-2-4-13(12)22-14-7-6-11-10(16(14)17)5-8-15-18(11)21-9-20-15/h1-8H,9H2. The van der Waals surface area contributed by atoms with Crippen LogP contribution < -0.4 is 14.9 Å². The van der Waals surface area contributed by atoms with Gasteiger partial charge in [-0.3, -0.25) is 4.79 Å². The van der Waals surface area contributed by atoms with E-state index in [2.05, 4.69) is 0 Å². The highest BCUT2D eigenvalue weighted by Crippen LogP contribution is 2.41. The van der Waals surface area contributed by atoms with Crippen molar-refractivity contribution in [1.29, 1.82) is 0 Å². The lowest BCUT2D eigenvalue weighted by atomic mass is 10.0. The predicted molar refractivity (Wildman–Crippen MR) is 83.6 cm³/mol. The molecule has 0 aliphatic carbocycles. The SMILES string of the molecule is O=c1c2ccccc2oc2ccc3c4c(ccc3c12)OCO4. The molecule has 3 aromatic carbocycles. The molecule has 1 aliphatic heterocycles. The van der Waals surface area contributed by atoms with Crippen LogP contribution in [0, 0.1) is 0 Å². The maximum absolute atomic E-state index is 12.9. The van der Waals surface area contributed by atoms with Gasteiger partial charge in [0.25, 0.3) is 0 Å². The van der Waals surface area contributed by atoms with Crippen LogP contribution in [0.4, 0.5) is 0 Å². The van der Waals surface area contributed by atoms with E-state index < -0.39 is 0 Å². The van der Waals surface area contributed by atoms with Gasteiger partial charge in [0.1, 0.15) is 11.2 Å². The van der Waals surface area contributed by atoms with E-state index in [9.17, 15) is 4.79 Å². The van der Waals surface area contributed by atoms with E-state index in [0.717, 1.165) is 10.8 Å². The molecule has 1 aromatic heterocycles. The van der Waals surface area contributed by atoms with Gasteiger partial charge < -0.3 is 13.9 Å². The molecule has 1 aliphatic rings. The molecule has 0 saturated heterocycles. The van der Waals surface area contributed by atoms with Gasteiger partial charge in [-0.05, 0) is 36.4 Å². The Morgan fingerprint density at radius 3 is 2.59 bits per heavy atom. The average Bonchev–Trinajstić information content (AvgIpc) is 3.03. The molecule has 0 spiro atoms. The van der Waals surface area contributed by atoms with E-state index >= 15 is 0 Å². The molecule has 0 radical (unpaired) electrons. The van der Waals surface area contributed by atoms with Crippen LogP contribution in [0.1, 0.15) is 0 Å². The first-order valence-corrected chi connectivity index (χ1v) is 7.00. The van der Waals surface area contributed by atoms with Crippen LogP contribution in [0.5, 0.6) is 11.5 Å². The summed E-state index contributed by atoms with van der Waals surface area (Å²) >= 11 is 0. The van der Waals surface area contributed by atoms with Crippen LogP contribution in [-0.4, -0.2) is 6.79 Å². The Kier molecular flexibility index (Phi) is 2.12. The molecule has 0 N–H and O–H groups in total. The van der Waals surface area contributed by atoms with Crippen molar-refractivity contribution in [3.63, 3.8) is 0 Å². The molecule has 0 unspecified atom stereocenters. The van der Waals surface area contributed by atoms with E-state index in [1.807, 2.05) is 36.4 Å². The van der Waals surface area contributed by atoms with Crippen LogP contribution in [0.2, 0.25) is 0 Å². The van der Waals surface area contributed by atoms with Gasteiger partial charge in [-0.2, -0.15) is 0 Å². The number of ether oxygens (including phenoxy) is 2. The number of para-hydroxylation sites is 1. The molecular weight excluding hydrogens is 280 g/mol. The van der Waals surface area contributed by atoms with Gasteiger partial charge in [-0.1, -0.05) is 12.1 Å². The Morgan fingerprint density at radius 2 is 1.64 bits per heavy atom. The zero-order valence-electron chi connectivity index (χ0n) is 11.5. The Labute approximate surface area is 124 Å². The predicted octanol–water partition coefficient (Wildman–Crippen LogP) is 3.83. The molecule has 4 aromatic rings. The highest BCUT2D eigenvalue weighted by Gasteiger charge is 2.19. The number of hydrogen-bond donors (Lipinski definition) is 0. The summed E-state index contributed by atoms with van der Waals surface area (Å²) in [5.74, 6) is 1.39. The summed E-state index contributed by atoms with van der Waals surface area (Å²) in [4.78, 5) is 12.9. The fourth-order valence-corrected chi connectivity index (χ4v) is 3.07. The summed E-state index contributed by atoms with van der Waals surface area (Å²) in [5, 5.41) is 2.85. The summed E-state index contributed by atoms with van der Waals surface area (Å²) in [5.41, 5.74) is 1.15. The summed E-state index contributed by atoms with van der Waals surface area (Å²) in [6.07, 6.45) is 0. The molecular formula is C18H10O4. The quantitative estimate of drug-likeness (QED) is 0.365. The van der Waals surface area contributed by atoms with Gasteiger partial charge in [0.05, 0.1) is 10.8 Å². The number of fused-ring (bicyclic) bond motifs is 6. The maximum atomic E-state index is 12.9. The fraction of sp³-hybridized carbons (Fsp3) is 0.0556. The Bertz CT molecular complexity index is 1120. The summed E-state index contributed by atoms with van der Waals surface area (Å²) in [6.45, 7) is 0.207. The van der Waals surface area contributed by atoms with Crippen molar-refractivity contribution in [1.82, 2.24) is 0 Å². The lowest BCUT2D eigenvalue weighted by Gasteiger charge is -2.07. The van der Waals surface area contributed by atoms with Crippen molar-refractivity contribution in [2.45, 2.75) is 0 Å². The summed E-state index contributed by atoms with van der Waals surface area (Å²) < 4.78 is 16.8. The molecule has 4 heteroatoms. The van der Waals surface area contributed by atoms with E-state index in [1.165, 1.54) is 0 Å². The van der Waals surface area contributed by atoms with Crippen molar-refractivity contribution in [3.05, 3.63) is 58.8 Å². The smallest absolute Gasteiger partial charge is 0.231 e. The number of benzene rings is 3. The molecule has 22 heavy (non-hydrogen) atoms. The molecule has 0 amide bonds. The van der Waals surface area contributed by atoms with E-state index in [0.29, 0.717) is 33.4 Å². The molecule has 4 nitrogen and oxygen atoms in total. The van der Waals surface area contributed by atoms with Crippen molar-refractivity contribution in [2.24, 2.45) is 0 Å². The molecule has 106 valence electrons. The van der Waals surface area contributed by atoms with Gasteiger partial charge in [-0.25, -0.2) is 0 Å². The van der Waals surface area contributed by atoms with Gasteiger partial charge >= 0.3 is 0 Å². The Morgan fingerprint density at radius 1 is 0.773 bits per heavy atom. The first kappa shape index (κ1) is 11.6. The molecule has 0 atom stereocenters. The Balaban J connectivity index is 2.05. The second kappa shape index (κ2) is 4.01. The first-order chi connectivity index (χ1) is 10.8. The second-order valence-corrected chi connectivity index (χ2v) is 5.26. The van der Waals surface area contributed by atoms with Crippen LogP contribution in [0.15, 0.2) is 57.7 Å². The number of rotatable bonds is 0. The monoisotopic (exact) mass is 290 g/mol. The summed E-state index contributed by atoms with van der Waals surface area (Å²) in [7, 11) is 0. The lowest BCUT2D eigenvalue weighted by Crippen LogP contribution is -2.02. The van der Waals surface area contributed by atoms with Gasteiger partial charge in [-0.15, -0.1) is 0 Å². The van der Waals surface area contributed by atoms with E-state index in [1.54, 1.807) is 12.1 Å².